The van der Waals surface area contributed by atoms with E-state index in [0.29, 0.717) is 5.69 Å². The molecule has 0 saturated carbocycles. The number of halogens is 3. The van der Waals surface area contributed by atoms with Gasteiger partial charge in [-0.15, -0.1) is 6.42 Å². The van der Waals surface area contributed by atoms with Gasteiger partial charge in [-0.05, 0) is 12.1 Å². The van der Waals surface area contributed by atoms with Gasteiger partial charge in [-0.3, -0.25) is 0 Å². The van der Waals surface area contributed by atoms with Gasteiger partial charge >= 0.3 is 6.18 Å². The smallest absolute Gasteiger partial charge is 0.378 e. The molecule has 0 aliphatic carbocycles. The molecule has 1 atom stereocenters. The SMILES string of the molecule is C#CC(O)(c1cccc(N(C)C)c1)C(F)(F)F. The summed E-state index contributed by atoms with van der Waals surface area (Å²) in [6.07, 6.45) is -0.0923. The van der Waals surface area contributed by atoms with Crippen molar-refractivity contribution in [3.63, 3.8) is 0 Å². The van der Waals surface area contributed by atoms with Crippen molar-refractivity contribution in [2.24, 2.45) is 0 Å². The summed E-state index contributed by atoms with van der Waals surface area (Å²) >= 11 is 0. The maximum absolute atomic E-state index is 12.7. The Balaban J connectivity index is 3.33. The van der Waals surface area contributed by atoms with Gasteiger partial charge in [-0.2, -0.15) is 13.2 Å². The predicted molar refractivity (Wildman–Crippen MR) is 59.6 cm³/mol. The number of benzene rings is 1. The number of alkyl halides is 3. The number of hydrogen-bond donors (Lipinski definition) is 1. The molecule has 0 fully saturated rings. The Morgan fingerprint density at radius 2 is 1.88 bits per heavy atom. The Morgan fingerprint density at radius 3 is 2.29 bits per heavy atom. The molecule has 5 heteroatoms. The molecule has 0 spiro atoms. The van der Waals surface area contributed by atoms with Gasteiger partial charge in [0.15, 0.2) is 0 Å². The van der Waals surface area contributed by atoms with E-state index in [1.165, 1.54) is 18.1 Å². The Bertz CT molecular complexity index is 448. The molecule has 1 aromatic carbocycles. The van der Waals surface area contributed by atoms with Crippen molar-refractivity contribution in [2.45, 2.75) is 11.8 Å². The summed E-state index contributed by atoms with van der Waals surface area (Å²) in [6.45, 7) is 0. The topological polar surface area (TPSA) is 23.5 Å². The third kappa shape index (κ3) is 2.37. The first-order chi connectivity index (χ1) is 7.72. The van der Waals surface area contributed by atoms with Gasteiger partial charge in [0.25, 0.3) is 0 Å². The van der Waals surface area contributed by atoms with E-state index in [9.17, 15) is 18.3 Å². The van der Waals surface area contributed by atoms with E-state index >= 15 is 0 Å². The Labute approximate surface area is 97.7 Å². The van der Waals surface area contributed by atoms with Gasteiger partial charge in [-0.1, -0.05) is 18.1 Å². The summed E-state index contributed by atoms with van der Waals surface area (Å²) < 4.78 is 38.2. The lowest BCUT2D eigenvalue weighted by atomic mass is 9.93. The van der Waals surface area contributed by atoms with Crippen LogP contribution in [0.15, 0.2) is 24.3 Å². The summed E-state index contributed by atoms with van der Waals surface area (Å²) in [6, 6.07) is 5.41. The molecule has 1 unspecified atom stereocenters. The van der Waals surface area contributed by atoms with Crippen molar-refractivity contribution >= 4 is 5.69 Å². The lowest BCUT2D eigenvalue weighted by Crippen LogP contribution is -2.40. The number of aliphatic hydroxyl groups is 1. The van der Waals surface area contributed by atoms with E-state index < -0.39 is 11.8 Å². The Kier molecular flexibility index (Phi) is 3.39. The molecule has 0 saturated heterocycles. The van der Waals surface area contributed by atoms with Gasteiger partial charge in [0, 0.05) is 25.3 Å². The standard InChI is InChI=1S/C12H12F3NO/c1-4-11(17,12(13,14)15)9-6-5-7-10(8-9)16(2)3/h1,5-8,17H,2-3H3. The zero-order valence-electron chi connectivity index (χ0n) is 9.42. The van der Waals surface area contributed by atoms with Crippen LogP contribution in [0.3, 0.4) is 0 Å². The number of terminal acetylenes is 1. The molecule has 17 heavy (non-hydrogen) atoms. The first kappa shape index (κ1) is 13.4. The average molecular weight is 243 g/mol. The van der Waals surface area contributed by atoms with E-state index in [0.717, 1.165) is 6.07 Å². The molecule has 0 heterocycles. The summed E-state index contributed by atoms with van der Waals surface area (Å²) in [5.74, 6) is 1.41. The Morgan fingerprint density at radius 1 is 1.29 bits per heavy atom. The zero-order chi connectivity index (χ0) is 13.3. The second-order valence-corrected chi connectivity index (χ2v) is 3.80. The van der Waals surface area contributed by atoms with Crippen LogP contribution in [0.4, 0.5) is 18.9 Å². The van der Waals surface area contributed by atoms with Crippen LogP contribution in [-0.4, -0.2) is 25.4 Å². The fourth-order valence-corrected chi connectivity index (χ4v) is 1.34. The highest BCUT2D eigenvalue weighted by atomic mass is 19.4. The lowest BCUT2D eigenvalue weighted by Gasteiger charge is -2.26. The fourth-order valence-electron chi connectivity index (χ4n) is 1.34. The first-order valence-electron chi connectivity index (χ1n) is 4.77. The van der Waals surface area contributed by atoms with E-state index in [1.54, 1.807) is 25.1 Å². The Hall–Kier alpha value is -1.67. The van der Waals surface area contributed by atoms with Crippen LogP contribution in [0, 0.1) is 12.3 Å². The first-order valence-corrected chi connectivity index (χ1v) is 4.77. The molecule has 0 radical (unpaired) electrons. The molecule has 0 aliphatic heterocycles. The van der Waals surface area contributed by atoms with Gasteiger partial charge in [-0.25, -0.2) is 0 Å². The van der Waals surface area contributed by atoms with Gasteiger partial charge in [0.2, 0.25) is 5.60 Å². The van der Waals surface area contributed by atoms with E-state index in [4.69, 9.17) is 6.42 Å². The molecule has 0 aromatic heterocycles. The normalized spacial score (nSPS) is 14.9. The summed E-state index contributed by atoms with van der Waals surface area (Å²) in [4.78, 5) is 1.62. The maximum Gasteiger partial charge on any atom is 0.433 e. The summed E-state index contributed by atoms with van der Waals surface area (Å²) in [7, 11) is 3.36. The van der Waals surface area contributed by atoms with Crippen molar-refractivity contribution < 1.29 is 18.3 Å². The molecule has 0 bridgehead atoms. The van der Waals surface area contributed by atoms with Crippen LogP contribution in [0.25, 0.3) is 0 Å². The van der Waals surface area contributed by atoms with Crippen LogP contribution in [0.1, 0.15) is 5.56 Å². The molecule has 1 aromatic rings. The summed E-state index contributed by atoms with van der Waals surface area (Å²) in [5.41, 5.74) is -3.09. The molecule has 1 rings (SSSR count). The fraction of sp³-hybridized carbons (Fsp3) is 0.333. The van der Waals surface area contributed by atoms with Crippen LogP contribution >= 0.6 is 0 Å². The highest BCUT2D eigenvalue weighted by molar-refractivity contribution is 5.50. The van der Waals surface area contributed by atoms with Crippen LogP contribution < -0.4 is 4.90 Å². The van der Waals surface area contributed by atoms with Crippen LogP contribution in [0.2, 0.25) is 0 Å². The van der Waals surface area contributed by atoms with Crippen molar-refractivity contribution in [3.8, 4) is 12.3 Å². The van der Waals surface area contributed by atoms with E-state index in [1.807, 2.05) is 0 Å². The van der Waals surface area contributed by atoms with E-state index in [-0.39, 0.29) is 5.56 Å². The molecule has 2 nitrogen and oxygen atoms in total. The van der Waals surface area contributed by atoms with Crippen molar-refractivity contribution in [1.29, 1.82) is 0 Å². The number of nitrogens with zero attached hydrogens (tertiary/aromatic N) is 1. The molecular formula is C12H12F3NO. The predicted octanol–water partition coefficient (Wildman–Crippen LogP) is 2.14. The highest BCUT2D eigenvalue weighted by Crippen LogP contribution is 2.39. The van der Waals surface area contributed by atoms with E-state index in [2.05, 4.69) is 0 Å². The maximum atomic E-state index is 12.7. The second-order valence-electron chi connectivity index (χ2n) is 3.80. The third-order valence-corrected chi connectivity index (χ3v) is 2.40. The second kappa shape index (κ2) is 4.30. The largest absolute Gasteiger partial charge is 0.433 e. The minimum atomic E-state index is -4.91. The zero-order valence-corrected chi connectivity index (χ0v) is 9.42. The molecular weight excluding hydrogens is 231 g/mol. The van der Waals surface area contributed by atoms with Gasteiger partial charge in [0.1, 0.15) is 0 Å². The average Bonchev–Trinajstić information content (AvgIpc) is 2.26. The molecule has 0 aliphatic rings. The lowest BCUT2D eigenvalue weighted by molar-refractivity contribution is -0.240. The van der Waals surface area contributed by atoms with Crippen molar-refractivity contribution in [3.05, 3.63) is 29.8 Å². The highest BCUT2D eigenvalue weighted by Gasteiger charge is 2.54. The molecule has 0 amide bonds. The minimum absolute atomic E-state index is 0.362. The minimum Gasteiger partial charge on any atom is -0.378 e. The number of anilines is 1. The van der Waals surface area contributed by atoms with Gasteiger partial charge < -0.3 is 10.0 Å². The number of hydrogen-bond acceptors (Lipinski definition) is 2. The van der Waals surface area contributed by atoms with Crippen molar-refractivity contribution in [2.75, 3.05) is 19.0 Å². The third-order valence-electron chi connectivity index (χ3n) is 2.40. The van der Waals surface area contributed by atoms with Crippen molar-refractivity contribution in [1.82, 2.24) is 0 Å². The van der Waals surface area contributed by atoms with Crippen LogP contribution in [0.5, 0.6) is 0 Å². The monoisotopic (exact) mass is 243 g/mol. The quantitative estimate of drug-likeness (QED) is 0.804. The molecule has 92 valence electrons. The van der Waals surface area contributed by atoms with Gasteiger partial charge in [0.05, 0.1) is 0 Å². The van der Waals surface area contributed by atoms with Crippen LogP contribution in [-0.2, 0) is 5.60 Å². The number of rotatable bonds is 2. The summed E-state index contributed by atoms with van der Waals surface area (Å²) in [5, 5.41) is 9.55. The molecule has 1 N–H and O–H groups in total.